The van der Waals surface area contributed by atoms with E-state index in [-0.39, 0.29) is 5.91 Å². The molecule has 2 aromatic carbocycles. The molecule has 0 aliphatic carbocycles. The minimum atomic E-state index is 0.159. The van der Waals surface area contributed by atoms with E-state index in [2.05, 4.69) is 50.0 Å². The van der Waals surface area contributed by atoms with E-state index in [1.165, 1.54) is 0 Å². The van der Waals surface area contributed by atoms with Crippen molar-refractivity contribution in [2.75, 3.05) is 6.54 Å². The Bertz CT molecular complexity index is 684. The summed E-state index contributed by atoms with van der Waals surface area (Å²) in [6.07, 6.45) is 8.58. The number of unbranched alkanes of at least 4 members (excludes halogenated alkanes) is 1. The van der Waals surface area contributed by atoms with Crippen molar-refractivity contribution in [2.45, 2.75) is 52.5 Å². The summed E-state index contributed by atoms with van der Waals surface area (Å²) in [5.41, 5.74) is 0.821. The van der Waals surface area contributed by atoms with Crippen LogP contribution in [0.3, 0.4) is 0 Å². The Morgan fingerprint density at radius 2 is 1.88 bits per heavy atom. The zero-order chi connectivity index (χ0) is 17.4. The molecule has 0 aliphatic heterocycles. The third-order valence-electron chi connectivity index (χ3n) is 4.68. The Morgan fingerprint density at radius 3 is 2.58 bits per heavy atom. The van der Waals surface area contributed by atoms with Crippen LogP contribution in [0.1, 0.15) is 56.8 Å². The van der Waals surface area contributed by atoms with Crippen molar-refractivity contribution in [3.8, 4) is 0 Å². The van der Waals surface area contributed by atoms with Gasteiger partial charge < -0.3 is 4.90 Å². The van der Waals surface area contributed by atoms with Gasteiger partial charge in [0.2, 0.25) is 0 Å². The summed E-state index contributed by atoms with van der Waals surface area (Å²) in [6, 6.07) is 14.5. The predicted molar refractivity (Wildman–Crippen MR) is 103 cm³/mol. The van der Waals surface area contributed by atoms with Crippen LogP contribution in [0, 0.1) is 0 Å². The van der Waals surface area contributed by atoms with Gasteiger partial charge in [-0.15, -0.1) is 0 Å². The molecule has 128 valence electrons. The molecule has 1 amide bonds. The van der Waals surface area contributed by atoms with E-state index in [1.807, 2.05) is 30.3 Å². The fraction of sp³-hybridized carbons (Fsp3) is 0.409. The van der Waals surface area contributed by atoms with E-state index in [0.29, 0.717) is 6.04 Å². The Morgan fingerprint density at radius 1 is 1.12 bits per heavy atom. The maximum Gasteiger partial charge on any atom is 0.254 e. The molecule has 0 aliphatic rings. The van der Waals surface area contributed by atoms with Crippen LogP contribution in [0.15, 0.2) is 54.6 Å². The van der Waals surface area contributed by atoms with Crippen LogP contribution < -0.4 is 0 Å². The normalized spacial score (nSPS) is 12.6. The first-order valence-corrected chi connectivity index (χ1v) is 9.12. The molecule has 2 heteroatoms. The summed E-state index contributed by atoms with van der Waals surface area (Å²) < 4.78 is 0. The van der Waals surface area contributed by atoms with E-state index in [9.17, 15) is 4.79 Å². The second-order valence-corrected chi connectivity index (χ2v) is 6.18. The van der Waals surface area contributed by atoms with Crippen LogP contribution in [-0.2, 0) is 0 Å². The third kappa shape index (κ3) is 4.25. The van der Waals surface area contributed by atoms with Gasteiger partial charge in [-0.05, 0) is 56.4 Å². The number of carbonyl (C=O) groups excluding carboxylic acids is 1. The lowest BCUT2D eigenvalue weighted by Crippen LogP contribution is -2.40. The van der Waals surface area contributed by atoms with Crippen LogP contribution >= 0.6 is 0 Å². The van der Waals surface area contributed by atoms with Gasteiger partial charge in [-0.3, -0.25) is 4.79 Å². The van der Waals surface area contributed by atoms with Gasteiger partial charge in [-0.2, -0.15) is 0 Å². The highest BCUT2D eigenvalue weighted by atomic mass is 16.2. The largest absolute Gasteiger partial charge is 0.336 e. The van der Waals surface area contributed by atoms with Crippen molar-refractivity contribution in [3.63, 3.8) is 0 Å². The number of hydrogen-bond donors (Lipinski definition) is 0. The molecule has 0 aromatic heterocycles. The van der Waals surface area contributed by atoms with Crippen molar-refractivity contribution in [1.82, 2.24) is 4.90 Å². The lowest BCUT2D eigenvalue weighted by Gasteiger charge is -2.30. The van der Waals surface area contributed by atoms with Crippen molar-refractivity contribution < 1.29 is 4.79 Å². The van der Waals surface area contributed by atoms with Crippen molar-refractivity contribution in [1.29, 1.82) is 0 Å². The monoisotopic (exact) mass is 323 g/mol. The SMILES string of the molecule is CC=CCCCC(CC)N(CC)C(=O)c1cccc2ccccc12. The second-order valence-electron chi connectivity index (χ2n) is 6.18. The van der Waals surface area contributed by atoms with Gasteiger partial charge in [-0.1, -0.05) is 55.5 Å². The van der Waals surface area contributed by atoms with E-state index in [4.69, 9.17) is 0 Å². The average molecular weight is 323 g/mol. The summed E-state index contributed by atoms with van der Waals surface area (Å²) in [5.74, 6) is 0.159. The molecule has 24 heavy (non-hydrogen) atoms. The molecule has 0 radical (unpaired) electrons. The quantitative estimate of drug-likeness (QED) is 0.442. The highest BCUT2D eigenvalue weighted by Crippen LogP contribution is 2.22. The molecule has 0 N–H and O–H groups in total. The molecule has 0 spiro atoms. The average Bonchev–Trinajstić information content (AvgIpc) is 2.63. The van der Waals surface area contributed by atoms with Crippen LogP contribution in [0.25, 0.3) is 10.8 Å². The Balaban J connectivity index is 2.23. The Labute approximate surface area is 146 Å². The molecular weight excluding hydrogens is 294 g/mol. The summed E-state index contributed by atoms with van der Waals surface area (Å²) in [6.45, 7) is 7.07. The van der Waals surface area contributed by atoms with Crippen LogP contribution in [0.4, 0.5) is 0 Å². The minimum absolute atomic E-state index is 0.159. The first-order valence-electron chi connectivity index (χ1n) is 9.12. The summed E-state index contributed by atoms with van der Waals surface area (Å²) >= 11 is 0. The molecule has 2 nitrogen and oxygen atoms in total. The maximum absolute atomic E-state index is 13.2. The smallest absolute Gasteiger partial charge is 0.254 e. The van der Waals surface area contributed by atoms with Crippen LogP contribution in [0.2, 0.25) is 0 Å². The number of hydrogen-bond acceptors (Lipinski definition) is 1. The molecule has 0 heterocycles. The lowest BCUT2D eigenvalue weighted by atomic mass is 10.0. The molecular formula is C22H29NO. The number of fused-ring (bicyclic) bond motifs is 1. The molecule has 2 rings (SSSR count). The molecule has 0 bridgehead atoms. The number of benzene rings is 2. The number of rotatable bonds is 8. The van der Waals surface area contributed by atoms with Gasteiger partial charge in [0, 0.05) is 18.2 Å². The van der Waals surface area contributed by atoms with Crippen LogP contribution in [0.5, 0.6) is 0 Å². The zero-order valence-corrected chi connectivity index (χ0v) is 15.2. The molecule has 1 unspecified atom stereocenters. The Hall–Kier alpha value is -2.09. The van der Waals surface area contributed by atoms with Gasteiger partial charge in [0.1, 0.15) is 0 Å². The van der Waals surface area contributed by atoms with E-state index >= 15 is 0 Å². The number of amides is 1. The zero-order valence-electron chi connectivity index (χ0n) is 15.2. The maximum atomic E-state index is 13.2. The summed E-state index contributed by atoms with van der Waals surface area (Å²) in [7, 11) is 0. The highest BCUT2D eigenvalue weighted by Gasteiger charge is 2.22. The molecule has 0 saturated carbocycles. The topological polar surface area (TPSA) is 20.3 Å². The van der Waals surface area contributed by atoms with Crippen molar-refractivity contribution >= 4 is 16.7 Å². The molecule has 0 saturated heterocycles. The standard InChI is InChI=1S/C22H29NO/c1-4-7-8-9-15-19(5-2)23(6-3)22(24)21-17-12-14-18-13-10-11-16-20(18)21/h4,7,10-14,16-17,19H,5-6,8-9,15H2,1-3H3. The second kappa shape index (κ2) is 9.27. The number of allylic oxidation sites excluding steroid dienone is 2. The van der Waals surface area contributed by atoms with Crippen LogP contribution in [-0.4, -0.2) is 23.4 Å². The van der Waals surface area contributed by atoms with Crippen molar-refractivity contribution in [2.24, 2.45) is 0 Å². The van der Waals surface area contributed by atoms with Gasteiger partial charge in [0.15, 0.2) is 0 Å². The predicted octanol–water partition coefficient (Wildman–Crippen LogP) is 5.83. The molecule has 1 atom stereocenters. The van der Waals surface area contributed by atoms with E-state index in [0.717, 1.165) is 48.6 Å². The van der Waals surface area contributed by atoms with Gasteiger partial charge in [-0.25, -0.2) is 0 Å². The highest BCUT2D eigenvalue weighted by molar-refractivity contribution is 6.07. The van der Waals surface area contributed by atoms with Gasteiger partial charge >= 0.3 is 0 Å². The lowest BCUT2D eigenvalue weighted by molar-refractivity contribution is 0.0675. The van der Waals surface area contributed by atoms with E-state index < -0.39 is 0 Å². The van der Waals surface area contributed by atoms with Crippen molar-refractivity contribution in [3.05, 3.63) is 60.2 Å². The number of nitrogens with zero attached hydrogens (tertiary/aromatic N) is 1. The minimum Gasteiger partial charge on any atom is -0.336 e. The fourth-order valence-electron chi connectivity index (χ4n) is 3.35. The number of carbonyl (C=O) groups is 1. The van der Waals surface area contributed by atoms with Gasteiger partial charge in [0.05, 0.1) is 0 Å². The first kappa shape index (κ1) is 18.3. The van der Waals surface area contributed by atoms with E-state index in [1.54, 1.807) is 0 Å². The van der Waals surface area contributed by atoms with Gasteiger partial charge in [0.25, 0.3) is 5.91 Å². The third-order valence-corrected chi connectivity index (χ3v) is 4.68. The molecule has 2 aromatic rings. The fourth-order valence-corrected chi connectivity index (χ4v) is 3.35. The summed E-state index contributed by atoms with van der Waals surface area (Å²) in [5, 5.41) is 2.17. The first-order chi connectivity index (χ1) is 11.7. The summed E-state index contributed by atoms with van der Waals surface area (Å²) in [4.78, 5) is 15.2. The Kier molecular flexibility index (Phi) is 7.05. The molecule has 0 fully saturated rings.